The van der Waals surface area contributed by atoms with Gasteiger partial charge in [0, 0.05) is 6.20 Å². The van der Waals surface area contributed by atoms with Crippen molar-refractivity contribution in [1.82, 2.24) is 15.1 Å². The number of carbonyl (C=O) groups is 1. The lowest BCUT2D eigenvalue weighted by molar-refractivity contribution is 0.0470. The molecule has 0 spiro atoms. The van der Waals surface area contributed by atoms with Crippen LogP contribution in [0.5, 0.6) is 0 Å². The topological polar surface area (TPSA) is 78.1 Å². The van der Waals surface area contributed by atoms with Crippen LogP contribution in [0, 0.1) is 5.82 Å². The number of ether oxygens (including phenoxy) is 1. The molecule has 0 bridgehead atoms. The minimum atomic E-state index is -0.748. The van der Waals surface area contributed by atoms with Crippen molar-refractivity contribution in [1.29, 1.82) is 0 Å². The highest BCUT2D eigenvalue weighted by Gasteiger charge is 2.19. The maximum atomic E-state index is 13.3. The zero-order valence-electron chi connectivity index (χ0n) is 8.88. The molecule has 0 N–H and O–H groups in total. The monoisotopic (exact) mass is 237 g/mol. The van der Waals surface area contributed by atoms with Crippen molar-refractivity contribution >= 4 is 5.97 Å². The van der Waals surface area contributed by atoms with Crippen LogP contribution in [-0.2, 0) is 4.74 Å². The molecule has 2 heterocycles. The van der Waals surface area contributed by atoms with Gasteiger partial charge in [0.2, 0.25) is 5.82 Å². The molecule has 0 atom stereocenters. The Morgan fingerprint density at radius 3 is 3.12 bits per heavy atom. The summed E-state index contributed by atoms with van der Waals surface area (Å²) >= 11 is 0. The Morgan fingerprint density at radius 2 is 2.41 bits per heavy atom. The second kappa shape index (κ2) is 4.69. The fourth-order valence-corrected chi connectivity index (χ4v) is 1.15. The molecule has 0 aliphatic rings. The summed E-state index contributed by atoms with van der Waals surface area (Å²) in [6.45, 7) is 1.84. The number of halogens is 1. The van der Waals surface area contributed by atoms with Crippen LogP contribution >= 0.6 is 0 Å². The van der Waals surface area contributed by atoms with Crippen molar-refractivity contribution in [2.24, 2.45) is 0 Å². The Labute approximate surface area is 95.4 Å². The predicted molar refractivity (Wildman–Crippen MR) is 53.4 cm³/mol. The minimum absolute atomic E-state index is 0.0770. The molecule has 2 rings (SSSR count). The van der Waals surface area contributed by atoms with Gasteiger partial charge < -0.3 is 9.26 Å². The van der Waals surface area contributed by atoms with Gasteiger partial charge in [-0.3, -0.25) is 0 Å². The van der Waals surface area contributed by atoms with E-state index in [0.29, 0.717) is 0 Å². The molecular formula is C10H8FN3O3. The molecule has 0 saturated carbocycles. The molecule has 0 unspecified atom stereocenters. The molecule has 0 radical (unpaired) electrons. The van der Waals surface area contributed by atoms with E-state index < -0.39 is 11.8 Å². The highest BCUT2D eigenvalue weighted by Crippen LogP contribution is 2.16. The van der Waals surface area contributed by atoms with Gasteiger partial charge in [-0.05, 0) is 19.1 Å². The Hall–Kier alpha value is -2.31. The highest BCUT2D eigenvalue weighted by molar-refractivity contribution is 5.84. The van der Waals surface area contributed by atoms with E-state index >= 15 is 0 Å². The van der Waals surface area contributed by atoms with Crippen LogP contribution in [0.3, 0.4) is 0 Å². The molecule has 17 heavy (non-hydrogen) atoms. The molecule has 6 nitrogen and oxygen atoms in total. The van der Waals surface area contributed by atoms with Gasteiger partial charge in [0.1, 0.15) is 5.69 Å². The maximum Gasteiger partial charge on any atom is 0.397 e. The van der Waals surface area contributed by atoms with Gasteiger partial charge >= 0.3 is 11.9 Å². The number of esters is 1. The number of nitrogens with zero attached hydrogens (tertiary/aromatic N) is 3. The molecule has 0 fully saturated rings. The number of carbonyl (C=O) groups excluding carboxylic acids is 1. The fourth-order valence-electron chi connectivity index (χ4n) is 1.15. The van der Waals surface area contributed by atoms with Gasteiger partial charge in [-0.15, -0.1) is 0 Å². The average Bonchev–Trinajstić information content (AvgIpc) is 2.79. The van der Waals surface area contributed by atoms with Crippen LogP contribution in [0.25, 0.3) is 11.5 Å². The lowest BCUT2D eigenvalue weighted by Crippen LogP contribution is -2.04. The number of rotatable bonds is 3. The zero-order chi connectivity index (χ0) is 12.3. The van der Waals surface area contributed by atoms with Crippen molar-refractivity contribution in [2.45, 2.75) is 6.92 Å². The largest absolute Gasteiger partial charge is 0.459 e. The van der Waals surface area contributed by atoms with E-state index in [4.69, 9.17) is 0 Å². The first-order valence-electron chi connectivity index (χ1n) is 4.84. The van der Waals surface area contributed by atoms with Gasteiger partial charge in [0.15, 0.2) is 5.82 Å². The molecule has 2 aromatic rings. The predicted octanol–water partition coefficient (Wildman–Crippen LogP) is 1.45. The van der Waals surface area contributed by atoms with E-state index in [1.807, 2.05) is 0 Å². The van der Waals surface area contributed by atoms with Crippen LogP contribution in [0.4, 0.5) is 4.39 Å². The van der Waals surface area contributed by atoms with Gasteiger partial charge in [0.25, 0.3) is 0 Å². The summed E-state index contributed by atoms with van der Waals surface area (Å²) < 4.78 is 22.6. The molecule has 7 heteroatoms. The summed E-state index contributed by atoms with van der Waals surface area (Å²) in [6.07, 6.45) is 1.39. The summed E-state index contributed by atoms with van der Waals surface area (Å²) in [5.41, 5.74) is -0.0770. The van der Waals surface area contributed by atoms with Crippen molar-refractivity contribution < 1.29 is 18.4 Å². The van der Waals surface area contributed by atoms with Crippen molar-refractivity contribution in [3.05, 3.63) is 30.0 Å². The van der Waals surface area contributed by atoms with Crippen LogP contribution in [0.15, 0.2) is 22.9 Å². The zero-order valence-corrected chi connectivity index (χ0v) is 8.88. The van der Waals surface area contributed by atoms with Crippen molar-refractivity contribution in [3.8, 4) is 11.5 Å². The molecule has 0 aliphatic heterocycles. The smallest absolute Gasteiger partial charge is 0.397 e. The van der Waals surface area contributed by atoms with Gasteiger partial charge in [-0.2, -0.15) is 4.98 Å². The van der Waals surface area contributed by atoms with E-state index in [-0.39, 0.29) is 24.0 Å². The Morgan fingerprint density at radius 1 is 1.59 bits per heavy atom. The molecule has 0 aromatic carbocycles. The number of hydrogen-bond donors (Lipinski definition) is 0. The third-order valence-corrected chi connectivity index (χ3v) is 1.85. The van der Waals surface area contributed by atoms with Crippen molar-refractivity contribution in [2.75, 3.05) is 6.61 Å². The summed E-state index contributed by atoms with van der Waals surface area (Å²) in [7, 11) is 0. The molecule has 88 valence electrons. The molecule has 0 amide bonds. The maximum absolute atomic E-state index is 13.3. The van der Waals surface area contributed by atoms with E-state index in [1.165, 1.54) is 18.3 Å². The fraction of sp³-hybridized carbons (Fsp3) is 0.200. The lowest BCUT2D eigenvalue weighted by atomic mass is 10.3. The number of aromatic nitrogens is 3. The molecule has 0 aliphatic carbocycles. The summed E-state index contributed by atoms with van der Waals surface area (Å²) in [4.78, 5) is 18.7. The second-order valence-electron chi connectivity index (χ2n) is 2.98. The molecule has 2 aromatic heterocycles. The highest BCUT2D eigenvalue weighted by atomic mass is 19.1. The van der Waals surface area contributed by atoms with E-state index in [1.54, 1.807) is 6.92 Å². The first-order valence-corrected chi connectivity index (χ1v) is 4.84. The molecular weight excluding hydrogens is 229 g/mol. The third-order valence-electron chi connectivity index (χ3n) is 1.85. The second-order valence-corrected chi connectivity index (χ2v) is 2.98. The standard InChI is InChI=1S/C10H8FN3O3/c1-2-16-10(15)9-13-8(14-17-9)7-6(11)4-3-5-12-7/h3-5H,2H2,1H3. The van der Waals surface area contributed by atoms with E-state index in [9.17, 15) is 9.18 Å². The number of hydrogen-bond acceptors (Lipinski definition) is 6. The first-order chi connectivity index (χ1) is 8.22. The number of pyridine rings is 1. The molecule has 0 saturated heterocycles. The first kappa shape index (κ1) is 11.2. The lowest BCUT2D eigenvalue weighted by Gasteiger charge is -1.94. The summed E-state index contributed by atoms with van der Waals surface area (Å²) in [6, 6.07) is 2.65. The Balaban J connectivity index is 2.30. The van der Waals surface area contributed by atoms with Crippen molar-refractivity contribution in [3.63, 3.8) is 0 Å². The van der Waals surface area contributed by atoms with Crippen LogP contribution in [0.1, 0.15) is 17.6 Å². The normalized spacial score (nSPS) is 10.2. The Bertz CT molecular complexity index is 541. The SMILES string of the molecule is CCOC(=O)c1nc(-c2ncccc2F)no1. The minimum Gasteiger partial charge on any atom is -0.459 e. The van der Waals surface area contributed by atoms with E-state index in [2.05, 4.69) is 24.4 Å². The Kier molecular flexibility index (Phi) is 3.08. The average molecular weight is 237 g/mol. The van der Waals surface area contributed by atoms with Crippen LogP contribution < -0.4 is 0 Å². The van der Waals surface area contributed by atoms with Crippen LogP contribution in [-0.4, -0.2) is 27.7 Å². The third kappa shape index (κ3) is 2.27. The van der Waals surface area contributed by atoms with Gasteiger partial charge in [-0.25, -0.2) is 14.2 Å². The van der Waals surface area contributed by atoms with Crippen LogP contribution in [0.2, 0.25) is 0 Å². The van der Waals surface area contributed by atoms with E-state index in [0.717, 1.165) is 0 Å². The summed E-state index contributed by atoms with van der Waals surface area (Å²) in [5, 5.41) is 3.46. The summed E-state index contributed by atoms with van der Waals surface area (Å²) in [5.74, 6) is -1.76. The van der Waals surface area contributed by atoms with Gasteiger partial charge in [0.05, 0.1) is 6.61 Å². The van der Waals surface area contributed by atoms with Gasteiger partial charge in [-0.1, -0.05) is 5.16 Å². The quantitative estimate of drug-likeness (QED) is 0.752.